The maximum Gasteiger partial charge on any atom is 0.265 e. The van der Waals surface area contributed by atoms with Crippen LogP contribution >= 0.6 is 22.9 Å². The zero-order chi connectivity index (χ0) is 18.3. The molecule has 0 bridgehead atoms. The van der Waals surface area contributed by atoms with Gasteiger partial charge in [-0.2, -0.15) is 5.26 Å². The number of carbonyl (C=O) groups is 1. The summed E-state index contributed by atoms with van der Waals surface area (Å²) in [6.45, 7) is 2.02. The van der Waals surface area contributed by atoms with Crippen molar-refractivity contribution in [2.75, 3.05) is 5.32 Å². The maximum atomic E-state index is 12.7. The summed E-state index contributed by atoms with van der Waals surface area (Å²) < 4.78 is 0.944. The van der Waals surface area contributed by atoms with Gasteiger partial charge in [0, 0.05) is 21.2 Å². The zero-order valence-electron chi connectivity index (χ0n) is 13.7. The molecule has 6 heteroatoms. The van der Waals surface area contributed by atoms with Crippen LogP contribution in [-0.2, 0) is 0 Å². The Hall–Kier alpha value is -2.94. The quantitative estimate of drug-likeness (QED) is 0.467. The fourth-order valence-electron chi connectivity index (χ4n) is 2.81. The predicted octanol–water partition coefficient (Wildman–Crippen LogP) is 5.54. The number of fused-ring (bicyclic) bond motifs is 3. The summed E-state index contributed by atoms with van der Waals surface area (Å²) in [6.07, 6.45) is 0. The van der Waals surface area contributed by atoms with Gasteiger partial charge in [0.15, 0.2) is 0 Å². The van der Waals surface area contributed by atoms with Crippen LogP contribution in [0.2, 0.25) is 5.15 Å². The number of rotatable bonds is 2. The summed E-state index contributed by atoms with van der Waals surface area (Å²) in [5.74, 6) is -0.238. The molecule has 0 unspecified atom stereocenters. The second-order valence-electron chi connectivity index (χ2n) is 5.92. The monoisotopic (exact) mass is 377 g/mol. The van der Waals surface area contributed by atoms with Gasteiger partial charge in [0.05, 0.1) is 22.0 Å². The van der Waals surface area contributed by atoms with Gasteiger partial charge in [-0.05, 0) is 43.3 Å². The molecule has 4 rings (SSSR count). The molecule has 1 amide bonds. The molecule has 126 valence electrons. The van der Waals surface area contributed by atoms with E-state index in [1.54, 1.807) is 30.3 Å². The summed E-state index contributed by atoms with van der Waals surface area (Å²) >= 11 is 7.71. The summed E-state index contributed by atoms with van der Waals surface area (Å²) in [6, 6.07) is 16.6. The highest BCUT2D eigenvalue weighted by Crippen LogP contribution is 2.36. The number of pyridine rings is 1. The van der Waals surface area contributed by atoms with Gasteiger partial charge in [0.1, 0.15) is 5.15 Å². The SMILES string of the molecule is Cc1ccc2nc(Cl)c3cc(C(=O)Nc4cccc(C#N)c4)sc3c2c1. The number of nitrogens with zero attached hydrogens (tertiary/aromatic N) is 2. The average Bonchev–Trinajstić information content (AvgIpc) is 3.09. The number of carbonyl (C=O) groups excluding carboxylic acids is 1. The van der Waals surface area contributed by atoms with Crippen LogP contribution in [0.1, 0.15) is 20.8 Å². The van der Waals surface area contributed by atoms with Gasteiger partial charge in [-0.25, -0.2) is 4.98 Å². The smallest absolute Gasteiger partial charge is 0.265 e. The third-order valence-corrected chi connectivity index (χ3v) is 5.50. The van der Waals surface area contributed by atoms with Crippen molar-refractivity contribution in [3.63, 3.8) is 0 Å². The van der Waals surface area contributed by atoms with Gasteiger partial charge in [0.2, 0.25) is 0 Å². The van der Waals surface area contributed by atoms with Crippen molar-refractivity contribution < 1.29 is 4.79 Å². The first-order valence-electron chi connectivity index (χ1n) is 7.86. The Labute approximate surface area is 158 Å². The molecule has 2 heterocycles. The lowest BCUT2D eigenvalue weighted by molar-refractivity contribution is 0.103. The Bertz CT molecular complexity index is 1220. The van der Waals surface area contributed by atoms with E-state index in [9.17, 15) is 4.79 Å². The number of aryl methyl sites for hydroxylation is 1. The van der Waals surface area contributed by atoms with Crippen molar-refractivity contribution in [3.8, 4) is 6.07 Å². The van der Waals surface area contributed by atoms with E-state index in [4.69, 9.17) is 16.9 Å². The summed E-state index contributed by atoms with van der Waals surface area (Å²) in [7, 11) is 0. The molecule has 0 aliphatic heterocycles. The Kier molecular flexibility index (Phi) is 4.08. The van der Waals surface area contributed by atoms with E-state index in [1.165, 1.54) is 11.3 Å². The molecule has 4 aromatic rings. The first kappa shape index (κ1) is 16.5. The molecule has 26 heavy (non-hydrogen) atoms. The van der Waals surface area contributed by atoms with Crippen molar-refractivity contribution >= 4 is 55.5 Å². The number of nitrogens with one attached hydrogen (secondary N) is 1. The van der Waals surface area contributed by atoms with Gasteiger partial charge >= 0.3 is 0 Å². The van der Waals surface area contributed by atoms with Gasteiger partial charge in [0.25, 0.3) is 5.91 Å². The van der Waals surface area contributed by atoms with Crippen molar-refractivity contribution in [1.29, 1.82) is 5.26 Å². The molecular weight excluding hydrogens is 366 g/mol. The lowest BCUT2D eigenvalue weighted by Gasteiger charge is -2.03. The molecule has 1 N–H and O–H groups in total. The molecule has 0 saturated carbocycles. The summed E-state index contributed by atoms with van der Waals surface area (Å²) in [4.78, 5) is 17.6. The number of hydrogen-bond donors (Lipinski definition) is 1. The third-order valence-electron chi connectivity index (χ3n) is 4.04. The van der Waals surface area contributed by atoms with Gasteiger partial charge < -0.3 is 5.32 Å². The number of thiophene rings is 1. The molecule has 0 radical (unpaired) electrons. The summed E-state index contributed by atoms with van der Waals surface area (Å²) in [5.41, 5.74) is 3.00. The van der Waals surface area contributed by atoms with Crippen LogP contribution in [0.15, 0.2) is 48.5 Å². The van der Waals surface area contributed by atoms with Crippen LogP contribution in [0, 0.1) is 18.3 Å². The number of amides is 1. The van der Waals surface area contributed by atoms with Gasteiger partial charge in [-0.1, -0.05) is 29.3 Å². The van der Waals surface area contributed by atoms with E-state index in [2.05, 4.69) is 22.4 Å². The average molecular weight is 378 g/mol. The van der Waals surface area contributed by atoms with Crippen LogP contribution in [0.5, 0.6) is 0 Å². The fourth-order valence-corrected chi connectivity index (χ4v) is 4.19. The second kappa shape index (κ2) is 6.41. The third kappa shape index (κ3) is 2.90. The Morgan fingerprint density at radius 2 is 2.04 bits per heavy atom. The molecule has 0 fully saturated rings. The maximum absolute atomic E-state index is 12.7. The molecule has 0 spiro atoms. The van der Waals surface area contributed by atoms with Crippen molar-refractivity contribution in [2.24, 2.45) is 0 Å². The normalized spacial score (nSPS) is 10.8. The van der Waals surface area contributed by atoms with E-state index in [0.717, 1.165) is 26.6 Å². The minimum atomic E-state index is -0.238. The number of aromatic nitrogens is 1. The van der Waals surface area contributed by atoms with E-state index in [-0.39, 0.29) is 5.91 Å². The zero-order valence-corrected chi connectivity index (χ0v) is 15.3. The standard InChI is InChI=1S/C20H12ClN3OS/c1-11-5-6-16-14(7-11)18-15(19(21)24-16)9-17(26-18)20(25)23-13-4-2-3-12(8-13)10-22/h2-9H,1H3,(H,23,25). The van der Waals surface area contributed by atoms with Crippen LogP contribution in [-0.4, -0.2) is 10.9 Å². The van der Waals surface area contributed by atoms with Crippen LogP contribution in [0.25, 0.3) is 21.0 Å². The van der Waals surface area contributed by atoms with Crippen LogP contribution < -0.4 is 5.32 Å². The minimum Gasteiger partial charge on any atom is -0.321 e. The lowest BCUT2D eigenvalue weighted by Crippen LogP contribution is -2.09. The first-order valence-corrected chi connectivity index (χ1v) is 9.05. The van der Waals surface area contributed by atoms with Crippen molar-refractivity contribution in [3.05, 3.63) is 69.7 Å². The van der Waals surface area contributed by atoms with Gasteiger partial charge in [-0.15, -0.1) is 11.3 Å². The van der Waals surface area contributed by atoms with Crippen LogP contribution in [0.4, 0.5) is 5.69 Å². The molecule has 4 nitrogen and oxygen atoms in total. The van der Waals surface area contributed by atoms with E-state index >= 15 is 0 Å². The lowest BCUT2D eigenvalue weighted by atomic mass is 10.1. The van der Waals surface area contributed by atoms with E-state index < -0.39 is 0 Å². The molecule has 0 aliphatic carbocycles. The highest BCUT2D eigenvalue weighted by Gasteiger charge is 2.16. The number of hydrogen-bond acceptors (Lipinski definition) is 4. The first-order chi connectivity index (χ1) is 12.5. The molecule has 0 aliphatic rings. The summed E-state index contributed by atoms with van der Waals surface area (Å²) in [5, 5.41) is 14.0. The fraction of sp³-hybridized carbons (Fsp3) is 0.0500. The highest BCUT2D eigenvalue weighted by molar-refractivity contribution is 7.22. The Morgan fingerprint density at radius 3 is 2.85 bits per heavy atom. The molecule has 0 atom stereocenters. The molecular formula is C20H12ClN3OS. The second-order valence-corrected chi connectivity index (χ2v) is 7.33. The van der Waals surface area contributed by atoms with Gasteiger partial charge in [-0.3, -0.25) is 4.79 Å². The number of nitriles is 1. The Morgan fingerprint density at radius 1 is 1.19 bits per heavy atom. The Balaban J connectivity index is 1.78. The molecule has 2 aromatic heterocycles. The number of halogens is 1. The van der Waals surface area contributed by atoms with Crippen molar-refractivity contribution in [1.82, 2.24) is 4.98 Å². The van der Waals surface area contributed by atoms with Crippen LogP contribution in [0.3, 0.4) is 0 Å². The highest BCUT2D eigenvalue weighted by atomic mass is 35.5. The largest absolute Gasteiger partial charge is 0.321 e. The molecule has 0 saturated heterocycles. The predicted molar refractivity (Wildman–Crippen MR) is 106 cm³/mol. The molecule has 2 aromatic carbocycles. The number of benzene rings is 2. The van der Waals surface area contributed by atoms with Crippen molar-refractivity contribution in [2.45, 2.75) is 6.92 Å². The number of anilines is 1. The van der Waals surface area contributed by atoms with E-state index in [1.807, 2.05) is 19.1 Å². The topological polar surface area (TPSA) is 65.8 Å². The van der Waals surface area contributed by atoms with E-state index in [0.29, 0.717) is 21.3 Å². The minimum absolute atomic E-state index is 0.238.